The fraction of sp³-hybridized carbons (Fsp3) is 0.174. The number of amidine groups is 1. The van der Waals surface area contributed by atoms with Crippen LogP contribution in [0.3, 0.4) is 0 Å². The van der Waals surface area contributed by atoms with Crippen molar-refractivity contribution in [3.63, 3.8) is 0 Å². The summed E-state index contributed by atoms with van der Waals surface area (Å²) in [4.78, 5) is 22.3. The molecule has 1 aromatic heterocycles. The molecule has 4 rings (SSSR count). The predicted octanol–water partition coefficient (Wildman–Crippen LogP) is 4.55. The zero-order valence-corrected chi connectivity index (χ0v) is 16.6. The number of halogens is 3. The minimum atomic E-state index is -5.00. The quantitative estimate of drug-likeness (QED) is 0.654. The lowest BCUT2D eigenvalue weighted by Gasteiger charge is -2.29. The third kappa shape index (κ3) is 3.88. The molecule has 1 unspecified atom stereocenters. The van der Waals surface area contributed by atoms with Crippen LogP contribution in [-0.4, -0.2) is 33.5 Å². The zero-order chi connectivity index (χ0) is 22.1. The van der Waals surface area contributed by atoms with Gasteiger partial charge < -0.3 is 5.32 Å². The van der Waals surface area contributed by atoms with E-state index < -0.39 is 17.7 Å². The van der Waals surface area contributed by atoms with Gasteiger partial charge in [-0.05, 0) is 30.2 Å². The molecule has 0 saturated heterocycles. The fourth-order valence-corrected chi connectivity index (χ4v) is 3.41. The van der Waals surface area contributed by atoms with Gasteiger partial charge in [0.2, 0.25) is 0 Å². The summed E-state index contributed by atoms with van der Waals surface area (Å²) in [7, 11) is 0. The summed E-state index contributed by atoms with van der Waals surface area (Å²) in [5.41, 5.74) is -1.37. The zero-order valence-electron chi connectivity index (χ0n) is 16.6. The van der Waals surface area contributed by atoms with Gasteiger partial charge in [0.1, 0.15) is 11.7 Å². The van der Waals surface area contributed by atoms with Gasteiger partial charge in [0.25, 0.3) is 5.91 Å². The van der Waals surface area contributed by atoms with E-state index in [1.54, 1.807) is 73.7 Å². The number of aryl methyl sites for hydroxylation is 1. The molecule has 0 bridgehead atoms. The van der Waals surface area contributed by atoms with Crippen LogP contribution >= 0.6 is 0 Å². The third-order valence-corrected chi connectivity index (χ3v) is 4.93. The highest BCUT2D eigenvalue weighted by molar-refractivity contribution is 6.16. The van der Waals surface area contributed by atoms with Crippen molar-refractivity contribution in [3.05, 3.63) is 95.7 Å². The maximum absolute atomic E-state index is 14.4. The van der Waals surface area contributed by atoms with Crippen LogP contribution in [0.25, 0.3) is 0 Å². The van der Waals surface area contributed by atoms with Gasteiger partial charge in [-0.3, -0.25) is 9.69 Å². The molecule has 158 valence electrons. The van der Waals surface area contributed by atoms with Crippen LogP contribution in [0.1, 0.15) is 16.7 Å². The van der Waals surface area contributed by atoms with Crippen LogP contribution in [-0.2, 0) is 11.3 Å². The molecule has 1 N–H and O–H groups in total. The first kappa shape index (κ1) is 20.6. The van der Waals surface area contributed by atoms with Crippen LogP contribution in [0, 0.1) is 6.92 Å². The molecule has 31 heavy (non-hydrogen) atoms. The highest BCUT2D eigenvalue weighted by Crippen LogP contribution is 2.41. The van der Waals surface area contributed by atoms with Crippen molar-refractivity contribution in [1.82, 2.24) is 9.88 Å². The minimum absolute atomic E-state index is 0.0475. The second kappa shape index (κ2) is 7.86. The van der Waals surface area contributed by atoms with Crippen LogP contribution in [0.5, 0.6) is 0 Å². The first-order valence-electron chi connectivity index (χ1n) is 9.59. The number of carbonyl (C=O) groups is 1. The number of rotatable bonds is 5. The maximum Gasteiger partial charge on any atom is 0.442 e. The first-order chi connectivity index (χ1) is 14.8. The van der Waals surface area contributed by atoms with Gasteiger partial charge in [0.05, 0.1) is 6.54 Å². The first-order valence-corrected chi connectivity index (χ1v) is 9.59. The lowest BCUT2D eigenvalue weighted by atomic mass is 10.1. The standard InChI is InChI=1S/C23H19F3N4O/c1-16-12-13-27-19(14-16)28-22(23(24,25)26)21(31)30(15-17-8-4-2-5-9-17)20(29-22)18-10-6-3-7-11-18/h2-14H,15H2,1H3,(H,27,28). The van der Waals surface area contributed by atoms with E-state index in [1.165, 1.54) is 12.3 Å². The summed E-state index contributed by atoms with van der Waals surface area (Å²) >= 11 is 0. The Morgan fingerprint density at radius 3 is 2.26 bits per heavy atom. The normalized spacial score (nSPS) is 18.8. The smallest absolute Gasteiger partial charge is 0.331 e. The van der Waals surface area contributed by atoms with Gasteiger partial charge in [0, 0.05) is 11.8 Å². The van der Waals surface area contributed by atoms with E-state index in [2.05, 4.69) is 15.3 Å². The van der Waals surface area contributed by atoms with Gasteiger partial charge in [-0.1, -0.05) is 60.7 Å². The molecular formula is C23H19F3N4O. The highest BCUT2D eigenvalue weighted by atomic mass is 19.4. The van der Waals surface area contributed by atoms with Crippen LogP contribution < -0.4 is 5.32 Å². The highest BCUT2D eigenvalue weighted by Gasteiger charge is 2.66. The summed E-state index contributed by atoms with van der Waals surface area (Å²) < 4.78 is 43.2. The number of alkyl halides is 3. The number of anilines is 1. The summed E-state index contributed by atoms with van der Waals surface area (Å²) in [5, 5.41) is 2.29. The Kier molecular flexibility index (Phi) is 5.22. The number of amides is 1. The molecule has 2 heterocycles. The van der Waals surface area contributed by atoms with Gasteiger partial charge in [-0.15, -0.1) is 0 Å². The van der Waals surface area contributed by atoms with E-state index in [9.17, 15) is 18.0 Å². The minimum Gasteiger partial charge on any atom is -0.331 e. The Labute approximate surface area is 177 Å². The molecule has 1 atom stereocenters. The topological polar surface area (TPSA) is 57.6 Å². The second-order valence-corrected chi connectivity index (χ2v) is 7.23. The monoisotopic (exact) mass is 424 g/mol. The number of pyridine rings is 1. The average Bonchev–Trinajstić information content (AvgIpc) is 3.02. The second-order valence-electron chi connectivity index (χ2n) is 7.23. The summed E-state index contributed by atoms with van der Waals surface area (Å²) in [6, 6.07) is 20.3. The SMILES string of the molecule is Cc1ccnc(NC2(C(F)(F)F)N=C(c3ccccc3)N(Cc3ccccc3)C2=O)c1. The molecular weight excluding hydrogens is 405 g/mol. The lowest BCUT2D eigenvalue weighted by Crippen LogP contribution is -2.57. The van der Waals surface area contributed by atoms with E-state index in [-0.39, 0.29) is 18.2 Å². The number of aliphatic imine (C=N–C) groups is 1. The maximum atomic E-state index is 14.4. The van der Waals surface area contributed by atoms with Gasteiger partial charge in [0.15, 0.2) is 0 Å². The number of carbonyl (C=O) groups excluding carboxylic acids is 1. The third-order valence-electron chi connectivity index (χ3n) is 4.93. The summed E-state index contributed by atoms with van der Waals surface area (Å²) in [6.07, 6.45) is -3.62. The molecule has 0 radical (unpaired) electrons. The average molecular weight is 424 g/mol. The van der Waals surface area contributed by atoms with E-state index in [4.69, 9.17) is 0 Å². The van der Waals surface area contributed by atoms with E-state index in [1.807, 2.05) is 0 Å². The fourth-order valence-electron chi connectivity index (χ4n) is 3.41. The molecule has 2 aromatic carbocycles. The molecule has 1 aliphatic heterocycles. The van der Waals surface area contributed by atoms with Crippen LogP contribution in [0.4, 0.5) is 19.0 Å². The van der Waals surface area contributed by atoms with E-state index in [0.717, 1.165) is 4.90 Å². The van der Waals surface area contributed by atoms with E-state index >= 15 is 0 Å². The van der Waals surface area contributed by atoms with Gasteiger partial charge in [-0.25, -0.2) is 9.98 Å². The molecule has 0 spiro atoms. The molecule has 3 aromatic rings. The number of hydrogen-bond donors (Lipinski definition) is 1. The molecule has 8 heteroatoms. The Morgan fingerprint density at radius 2 is 1.65 bits per heavy atom. The largest absolute Gasteiger partial charge is 0.442 e. The van der Waals surface area contributed by atoms with Gasteiger partial charge in [-0.2, -0.15) is 13.2 Å². The van der Waals surface area contributed by atoms with Crippen molar-refractivity contribution in [2.24, 2.45) is 4.99 Å². The van der Waals surface area contributed by atoms with Crippen molar-refractivity contribution in [1.29, 1.82) is 0 Å². The molecule has 1 aliphatic rings. The van der Waals surface area contributed by atoms with Crippen molar-refractivity contribution in [2.45, 2.75) is 25.3 Å². The van der Waals surface area contributed by atoms with Crippen molar-refractivity contribution in [3.8, 4) is 0 Å². The molecule has 1 amide bonds. The number of hydrogen-bond acceptors (Lipinski definition) is 4. The Hall–Kier alpha value is -3.68. The lowest BCUT2D eigenvalue weighted by molar-refractivity contribution is -0.185. The molecule has 0 aliphatic carbocycles. The van der Waals surface area contributed by atoms with Crippen LogP contribution in [0.2, 0.25) is 0 Å². The van der Waals surface area contributed by atoms with E-state index in [0.29, 0.717) is 16.7 Å². The van der Waals surface area contributed by atoms with Crippen molar-refractivity contribution in [2.75, 3.05) is 5.32 Å². The summed E-state index contributed by atoms with van der Waals surface area (Å²) in [5.74, 6) is -1.33. The van der Waals surface area contributed by atoms with Gasteiger partial charge >= 0.3 is 11.8 Å². The number of nitrogens with one attached hydrogen (secondary N) is 1. The number of aromatic nitrogens is 1. The Bertz CT molecular complexity index is 1120. The van der Waals surface area contributed by atoms with Crippen molar-refractivity contribution < 1.29 is 18.0 Å². The number of benzene rings is 2. The summed E-state index contributed by atoms with van der Waals surface area (Å²) in [6.45, 7) is 1.68. The van der Waals surface area contributed by atoms with Crippen molar-refractivity contribution >= 4 is 17.6 Å². The molecule has 0 saturated carbocycles. The molecule has 0 fully saturated rings. The number of nitrogens with zero attached hydrogens (tertiary/aromatic N) is 3. The Morgan fingerprint density at radius 1 is 1.00 bits per heavy atom. The predicted molar refractivity (Wildman–Crippen MR) is 111 cm³/mol. The molecule has 5 nitrogen and oxygen atoms in total. The van der Waals surface area contributed by atoms with Crippen LogP contribution in [0.15, 0.2) is 84.0 Å². The Balaban J connectivity index is 1.84.